The number of benzene rings is 2. The lowest BCUT2D eigenvalue weighted by Gasteiger charge is -2.34. The summed E-state index contributed by atoms with van der Waals surface area (Å²) in [7, 11) is -3.92. The fourth-order valence-corrected chi connectivity index (χ4v) is 4.72. The molecule has 0 atom stereocenters. The molecule has 0 radical (unpaired) electrons. The maximum absolute atomic E-state index is 12.7. The average molecular weight is 477 g/mol. The van der Waals surface area contributed by atoms with Gasteiger partial charge >= 0.3 is 6.18 Å². The van der Waals surface area contributed by atoms with E-state index in [1.807, 2.05) is 0 Å². The van der Waals surface area contributed by atoms with Gasteiger partial charge in [0, 0.05) is 36.2 Å². The highest BCUT2D eigenvalue weighted by Crippen LogP contribution is 2.30. The Morgan fingerprint density at radius 2 is 1.57 bits per heavy atom. The lowest BCUT2D eigenvalue weighted by atomic mass is 10.2. The molecule has 0 spiro atoms. The van der Waals surface area contributed by atoms with E-state index in [2.05, 4.69) is 15.9 Å². The fraction of sp³-hybridized carbons (Fsp3) is 0.278. The molecule has 10 heteroatoms. The lowest BCUT2D eigenvalue weighted by Crippen LogP contribution is -2.50. The lowest BCUT2D eigenvalue weighted by molar-refractivity contribution is -0.137. The van der Waals surface area contributed by atoms with Gasteiger partial charge in [-0.25, -0.2) is 8.42 Å². The summed E-state index contributed by atoms with van der Waals surface area (Å²) in [5.74, 6) is -0.201. The highest BCUT2D eigenvalue weighted by molar-refractivity contribution is 9.10. The summed E-state index contributed by atoms with van der Waals surface area (Å²) in [6, 6.07) is 10.3. The van der Waals surface area contributed by atoms with Gasteiger partial charge in [0.25, 0.3) is 5.91 Å². The molecule has 28 heavy (non-hydrogen) atoms. The molecule has 1 saturated heterocycles. The van der Waals surface area contributed by atoms with Crippen molar-refractivity contribution < 1.29 is 26.4 Å². The Morgan fingerprint density at radius 3 is 2.11 bits per heavy atom. The van der Waals surface area contributed by atoms with Gasteiger partial charge in [-0.15, -0.1) is 0 Å². The number of halogens is 4. The van der Waals surface area contributed by atoms with Crippen LogP contribution in [0.5, 0.6) is 0 Å². The summed E-state index contributed by atoms with van der Waals surface area (Å²) in [4.78, 5) is 13.9. The van der Waals surface area contributed by atoms with Crippen LogP contribution in [0.2, 0.25) is 0 Å². The third-order valence-electron chi connectivity index (χ3n) is 4.42. The van der Waals surface area contributed by atoms with E-state index in [0.29, 0.717) is 5.56 Å². The summed E-state index contributed by atoms with van der Waals surface area (Å²) in [6.07, 6.45) is -4.53. The maximum atomic E-state index is 12.7. The summed E-state index contributed by atoms with van der Waals surface area (Å²) in [5, 5.41) is 0. The highest BCUT2D eigenvalue weighted by Gasteiger charge is 2.33. The second-order valence-electron chi connectivity index (χ2n) is 6.23. The zero-order chi connectivity index (χ0) is 20.5. The first kappa shape index (κ1) is 20.8. The minimum atomic E-state index is -4.53. The summed E-state index contributed by atoms with van der Waals surface area (Å²) >= 11 is 3.30. The molecule has 150 valence electrons. The smallest absolute Gasteiger partial charge is 0.336 e. The molecule has 2 aromatic rings. The number of hydrogen-bond donors (Lipinski definition) is 0. The average Bonchev–Trinajstić information content (AvgIpc) is 2.67. The van der Waals surface area contributed by atoms with Crippen molar-refractivity contribution in [3.05, 3.63) is 64.1 Å². The van der Waals surface area contributed by atoms with Gasteiger partial charge < -0.3 is 4.90 Å². The van der Waals surface area contributed by atoms with Gasteiger partial charge in [0.1, 0.15) is 0 Å². The predicted molar refractivity (Wildman–Crippen MR) is 100 cm³/mol. The van der Waals surface area contributed by atoms with E-state index < -0.39 is 21.8 Å². The molecule has 0 saturated carbocycles. The van der Waals surface area contributed by atoms with Gasteiger partial charge in [0.15, 0.2) is 0 Å². The zero-order valence-electron chi connectivity index (χ0n) is 14.5. The van der Waals surface area contributed by atoms with Crippen molar-refractivity contribution in [2.24, 2.45) is 0 Å². The number of carbonyl (C=O) groups excluding carboxylic acids is 1. The number of sulfonamides is 1. The SMILES string of the molecule is O=C(c1cccc(Br)c1)N1CCN(S(=O)(=O)c2ccc(C(F)(F)F)cc2)CC1. The molecule has 0 aromatic heterocycles. The van der Waals surface area contributed by atoms with Crippen molar-refractivity contribution >= 4 is 31.9 Å². The molecule has 1 fully saturated rings. The van der Waals surface area contributed by atoms with E-state index in [9.17, 15) is 26.4 Å². The normalized spacial score (nSPS) is 16.2. The number of hydrogen-bond acceptors (Lipinski definition) is 3. The standard InChI is InChI=1S/C18H16BrF3N2O3S/c19-15-3-1-2-13(12-15)17(25)23-8-10-24(11-9-23)28(26,27)16-6-4-14(5-7-16)18(20,21)22/h1-7,12H,8-11H2. The number of alkyl halides is 3. The van der Waals surface area contributed by atoms with Crippen LogP contribution in [0.4, 0.5) is 13.2 Å². The topological polar surface area (TPSA) is 57.7 Å². The van der Waals surface area contributed by atoms with Crippen LogP contribution in [0.15, 0.2) is 57.9 Å². The number of piperazine rings is 1. The van der Waals surface area contributed by atoms with Crippen molar-refractivity contribution in [2.45, 2.75) is 11.1 Å². The van der Waals surface area contributed by atoms with Gasteiger partial charge in [-0.3, -0.25) is 4.79 Å². The third kappa shape index (κ3) is 4.39. The Labute approximate surface area is 168 Å². The minimum Gasteiger partial charge on any atom is -0.336 e. The van der Waals surface area contributed by atoms with Crippen molar-refractivity contribution in [1.82, 2.24) is 9.21 Å². The molecule has 1 aliphatic heterocycles. The van der Waals surface area contributed by atoms with Crippen molar-refractivity contribution in [3.8, 4) is 0 Å². The fourth-order valence-electron chi connectivity index (χ4n) is 2.90. The molecule has 0 aliphatic carbocycles. The predicted octanol–water partition coefficient (Wildman–Crippen LogP) is 3.61. The van der Waals surface area contributed by atoms with Crippen molar-refractivity contribution in [2.75, 3.05) is 26.2 Å². The summed E-state index contributed by atoms with van der Waals surface area (Å²) < 4.78 is 65.3. The van der Waals surface area contributed by atoms with Gasteiger partial charge in [0.05, 0.1) is 10.5 Å². The molecule has 0 unspecified atom stereocenters. The van der Waals surface area contributed by atoms with Crippen molar-refractivity contribution in [3.63, 3.8) is 0 Å². The number of carbonyl (C=O) groups is 1. The van der Waals surface area contributed by atoms with Crippen LogP contribution in [-0.4, -0.2) is 49.7 Å². The van der Waals surface area contributed by atoms with Gasteiger partial charge in [0.2, 0.25) is 10.0 Å². The number of amides is 1. The maximum Gasteiger partial charge on any atom is 0.416 e. The van der Waals surface area contributed by atoms with Crippen LogP contribution in [0.3, 0.4) is 0 Å². The first-order valence-electron chi connectivity index (χ1n) is 8.31. The Morgan fingerprint density at radius 1 is 0.964 bits per heavy atom. The summed E-state index contributed by atoms with van der Waals surface area (Å²) in [5.41, 5.74) is -0.413. The quantitative estimate of drug-likeness (QED) is 0.679. The molecule has 1 aliphatic rings. The molecule has 1 amide bonds. The molecule has 2 aromatic carbocycles. The third-order valence-corrected chi connectivity index (χ3v) is 6.82. The second-order valence-corrected chi connectivity index (χ2v) is 9.08. The molecule has 3 rings (SSSR count). The first-order valence-corrected chi connectivity index (χ1v) is 10.5. The monoisotopic (exact) mass is 476 g/mol. The Kier molecular flexibility index (Phi) is 5.83. The van der Waals surface area contributed by atoms with Gasteiger partial charge in [-0.2, -0.15) is 17.5 Å². The van der Waals surface area contributed by atoms with Crippen LogP contribution < -0.4 is 0 Å². The molecule has 5 nitrogen and oxygen atoms in total. The first-order chi connectivity index (χ1) is 13.1. The Bertz CT molecular complexity index is 970. The van der Waals surface area contributed by atoms with Gasteiger partial charge in [-0.1, -0.05) is 22.0 Å². The van der Waals surface area contributed by atoms with Crippen LogP contribution in [0.25, 0.3) is 0 Å². The molecule has 0 bridgehead atoms. The Hall–Kier alpha value is -1.91. The van der Waals surface area contributed by atoms with E-state index >= 15 is 0 Å². The minimum absolute atomic E-state index is 0.0725. The van der Waals surface area contributed by atoms with Crippen LogP contribution in [-0.2, 0) is 16.2 Å². The van der Waals surface area contributed by atoms with Crippen LogP contribution in [0, 0.1) is 0 Å². The van der Waals surface area contributed by atoms with Crippen molar-refractivity contribution in [1.29, 1.82) is 0 Å². The van der Waals surface area contributed by atoms with Crippen LogP contribution in [0.1, 0.15) is 15.9 Å². The molecule has 1 heterocycles. The van der Waals surface area contributed by atoms with E-state index in [-0.39, 0.29) is 37.0 Å². The van der Waals surface area contributed by atoms with Crippen LogP contribution >= 0.6 is 15.9 Å². The number of nitrogens with zero attached hydrogens (tertiary/aromatic N) is 2. The summed E-state index contributed by atoms with van der Waals surface area (Å²) in [6.45, 7) is 0.544. The Balaban J connectivity index is 1.69. The molecular weight excluding hydrogens is 461 g/mol. The van der Waals surface area contributed by atoms with E-state index in [0.717, 1.165) is 28.7 Å². The molecular formula is C18H16BrF3N2O3S. The number of rotatable bonds is 3. The second kappa shape index (κ2) is 7.84. The van der Waals surface area contributed by atoms with E-state index in [4.69, 9.17) is 0 Å². The van der Waals surface area contributed by atoms with E-state index in [1.165, 1.54) is 4.31 Å². The molecule has 0 N–H and O–H groups in total. The van der Waals surface area contributed by atoms with Gasteiger partial charge in [-0.05, 0) is 42.5 Å². The largest absolute Gasteiger partial charge is 0.416 e. The zero-order valence-corrected chi connectivity index (χ0v) is 16.9. The highest BCUT2D eigenvalue weighted by atomic mass is 79.9. The van der Waals surface area contributed by atoms with E-state index in [1.54, 1.807) is 29.2 Å².